The van der Waals surface area contributed by atoms with Crippen molar-refractivity contribution in [1.29, 1.82) is 0 Å². The third kappa shape index (κ3) is 2.62. The lowest BCUT2D eigenvalue weighted by Crippen LogP contribution is -2.08. The van der Waals surface area contributed by atoms with Crippen molar-refractivity contribution in [1.82, 2.24) is 9.55 Å². The Hall–Kier alpha value is -1.61. The number of aliphatic hydroxyl groups is 1. The molecule has 0 bridgehead atoms. The Labute approximate surface area is 108 Å². The van der Waals surface area contributed by atoms with E-state index in [0.29, 0.717) is 6.42 Å². The van der Waals surface area contributed by atoms with Gasteiger partial charge in [0.1, 0.15) is 0 Å². The molecule has 0 amide bonds. The van der Waals surface area contributed by atoms with Gasteiger partial charge in [0.25, 0.3) is 0 Å². The lowest BCUT2D eigenvalue weighted by atomic mass is 10.0. The third-order valence-electron chi connectivity index (χ3n) is 3.43. The van der Waals surface area contributed by atoms with Gasteiger partial charge < -0.3 is 9.67 Å². The van der Waals surface area contributed by atoms with Crippen LogP contribution in [0.1, 0.15) is 35.4 Å². The number of aryl methyl sites for hydroxylation is 3. The summed E-state index contributed by atoms with van der Waals surface area (Å²) in [7, 11) is 0. The molecule has 0 fully saturated rings. The molecule has 96 valence electrons. The predicted octanol–water partition coefficient (Wildman–Crippen LogP) is 2.80. The van der Waals surface area contributed by atoms with E-state index in [2.05, 4.69) is 37.0 Å². The van der Waals surface area contributed by atoms with Gasteiger partial charge in [-0.1, -0.05) is 18.2 Å². The normalized spacial score (nSPS) is 12.7. The van der Waals surface area contributed by atoms with E-state index in [1.165, 1.54) is 11.1 Å². The molecule has 3 heteroatoms. The zero-order valence-electron chi connectivity index (χ0n) is 11.2. The van der Waals surface area contributed by atoms with Crippen molar-refractivity contribution in [2.75, 3.05) is 0 Å². The molecule has 0 aliphatic rings. The molecule has 2 rings (SSSR count). The maximum atomic E-state index is 10.3. The molecule has 2 aromatic rings. The van der Waals surface area contributed by atoms with Crippen molar-refractivity contribution in [2.45, 2.75) is 39.8 Å². The monoisotopic (exact) mass is 244 g/mol. The number of benzene rings is 1. The van der Waals surface area contributed by atoms with Crippen LogP contribution in [0.5, 0.6) is 0 Å². The van der Waals surface area contributed by atoms with Crippen LogP contribution in [0.25, 0.3) is 0 Å². The molecule has 1 heterocycles. The Bertz CT molecular complexity index is 531. The first-order valence-electron chi connectivity index (χ1n) is 6.36. The molecule has 1 aromatic heterocycles. The molecule has 1 atom stereocenters. The van der Waals surface area contributed by atoms with E-state index < -0.39 is 6.10 Å². The molecule has 1 unspecified atom stereocenters. The Morgan fingerprint density at radius 1 is 1.28 bits per heavy atom. The summed E-state index contributed by atoms with van der Waals surface area (Å²) in [6.07, 6.45) is 3.65. The fourth-order valence-electron chi connectivity index (χ4n) is 2.13. The largest absolute Gasteiger partial charge is 0.386 e. The summed E-state index contributed by atoms with van der Waals surface area (Å²) < 4.78 is 1.98. The number of rotatable bonds is 4. The van der Waals surface area contributed by atoms with Gasteiger partial charge in [-0.15, -0.1) is 0 Å². The van der Waals surface area contributed by atoms with Gasteiger partial charge in [-0.25, -0.2) is 4.98 Å². The van der Waals surface area contributed by atoms with Crippen LogP contribution in [0.2, 0.25) is 0 Å². The van der Waals surface area contributed by atoms with Crippen LogP contribution in [-0.2, 0) is 13.0 Å². The number of aliphatic hydroxyl groups excluding tert-OH is 1. The van der Waals surface area contributed by atoms with Crippen LogP contribution in [-0.4, -0.2) is 14.7 Å². The first kappa shape index (κ1) is 12.8. The number of nitrogens with zero attached hydrogens (tertiary/aromatic N) is 2. The highest BCUT2D eigenvalue weighted by Crippen LogP contribution is 2.19. The van der Waals surface area contributed by atoms with Gasteiger partial charge in [0.15, 0.2) is 0 Å². The van der Waals surface area contributed by atoms with Gasteiger partial charge in [0, 0.05) is 13.0 Å². The van der Waals surface area contributed by atoms with E-state index in [1.54, 1.807) is 12.5 Å². The second-order valence-corrected chi connectivity index (χ2v) is 4.74. The van der Waals surface area contributed by atoms with E-state index in [0.717, 1.165) is 17.8 Å². The van der Waals surface area contributed by atoms with Gasteiger partial charge >= 0.3 is 0 Å². The first-order valence-corrected chi connectivity index (χ1v) is 6.36. The molecular weight excluding hydrogens is 224 g/mol. The molecule has 0 saturated carbocycles. The summed E-state index contributed by atoms with van der Waals surface area (Å²) >= 11 is 0. The SMILES string of the molecule is CCn1cncc1C(O)Cc1ccc(C)c(C)c1. The highest BCUT2D eigenvalue weighted by atomic mass is 16.3. The van der Waals surface area contributed by atoms with Crippen LogP contribution >= 0.6 is 0 Å². The second-order valence-electron chi connectivity index (χ2n) is 4.74. The quantitative estimate of drug-likeness (QED) is 0.898. The molecule has 3 nitrogen and oxygen atoms in total. The van der Waals surface area contributed by atoms with E-state index in [9.17, 15) is 5.11 Å². The molecule has 0 radical (unpaired) electrons. The van der Waals surface area contributed by atoms with Crippen LogP contribution in [0.4, 0.5) is 0 Å². The molecule has 0 aliphatic heterocycles. The minimum Gasteiger partial charge on any atom is -0.386 e. The lowest BCUT2D eigenvalue weighted by Gasteiger charge is -2.13. The van der Waals surface area contributed by atoms with Crippen LogP contribution in [0, 0.1) is 13.8 Å². The Morgan fingerprint density at radius 2 is 2.06 bits per heavy atom. The predicted molar refractivity (Wildman–Crippen MR) is 72.5 cm³/mol. The molecular formula is C15H20N2O. The highest BCUT2D eigenvalue weighted by Gasteiger charge is 2.13. The van der Waals surface area contributed by atoms with Gasteiger partial charge in [-0.2, -0.15) is 0 Å². The summed E-state index contributed by atoms with van der Waals surface area (Å²) in [5.41, 5.74) is 4.60. The fourth-order valence-corrected chi connectivity index (χ4v) is 2.13. The van der Waals surface area contributed by atoms with E-state index >= 15 is 0 Å². The standard InChI is InChI=1S/C15H20N2O/c1-4-17-10-16-9-14(17)15(18)8-13-6-5-11(2)12(3)7-13/h5-7,9-10,15,18H,4,8H2,1-3H3. The minimum atomic E-state index is -0.491. The topological polar surface area (TPSA) is 38.0 Å². The van der Waals surface area contributed by atoms with Crippen LogP contribution in [0.3, 0.4) is 0 Å². The van der Waals surface area contributed by atoms with Crippen molar-refractivity contribution in [3.8, 4) is 0 Å². The number of hydrogen-bond donors (Lipinski definition) is 1. The summed E-state index contributed by atoms with van der Waals surface area (Å²) in [5, 5.41) is 10.3. The summed E-state index contributed by atoms with van der Waals surface area (Å²) in [6, 6.07) is 6.33. The van der Waals surface area contributed by atoms with Gasteiger partial charge in [-0.3, -0.25) is 0 Å². The molecule has 0 saturated heterocycles. The average molecular weight is 244 g/mol. The van der Waals surface area contributed by atoms with E-state index in [4.69, 9.17) is 0 Å². The summed E-state index contributed by atoms with van der Waals surface area (Å²) in [6.45, 7) is 7.08. The Morgan fingerprint density at radius 3 is 2.72 bits per heavy atom. The lowest BCUT2D eigenvalue weighted by molar-refractivity contribution is 0.169. The maximum absolute atomic E-state index is 10.3. The van der Waals surface area contributed by atoms with Crippen LogP contribution in [0.15, 0.2) is 30.7 Å². The second kappa shape index (κ2) is 5.36. The van der Waals surface area contributed by atoms with Gasteiger partial charge in [-0.05, 0) is 37.5 Å². The molecule has 1 N–H and O–H groups in total. The van der Waals surface area contributed by atoms with Gasteiger partial charge in [0.2, 0.25) is 0 Å². The molecule has 0 aliphatic carbocycles. The van der Waals surface area contributed by atoms with Crippen LogP contribution < -0.4 is 0 Å². The van der Waals surface area contributed by atoms with E-state index in [1.807, 2.05) is 11.5 Å². The number of imidazole rings is 1. The molecule has 1 aromatic carbocycles. The highest BCUT2D eigenvalue weighted by molar-refractivity contribution is 5.30. The van der Waals surface area contributed by atoms with Crippen molar-refractivity contribution >= 4 is 0 Å². The first-order chi connectivity index (χ1) is 8.61. The van der Waals surface area contributed by atoms with Crippen molar-refractivity contribution in [2.24, 2.45) is 0 Å². The smallest absolute Gasteiger partial charge is 0.0995 e. The zero-order valence-corrected chi connectivity index (χ0v) is 11.2. The number of hydrogen-bond acceptors (Lipinski definition) is 2. The molecule has 0 spiro atoms. The van der Waals surface area contributed by atoms with Crippen molar-refractivity contribution in [3.05, 3.63) is 53.1 Å². The minimum absolute atomic E-state index is 0.491. The van der Waals surface area contributed by atoms with Gasteiger partial charge in [0.05, 0.1) is 24.3 Å². The Kier molecular flexibility index (Phi) is 3.82. The maximum Gasteiger partial charge on any atom is 0.0995 e. The summed E-state index contributed by atoms with van der Waals surface area (Å²) in [5.74, 6) is 0. The Balaban J connectivity index is 2.16. The van der Waals surface area contributed by atoms with E-state index in [-0.39, 0.29) is 0 Å². The van der Waals surface area contributed by atoms with Crippen molar-refractivity contribution < 1.29 is 5.11 Å². The average Bonchev–Trinajstić information content (AvgIpc) is 2.82. The molecule has 18 heavy (non-hydrogen) atoms. The number of aromatic nitrogens is 2. The fraction of sp³-hybridized carbons (Fsp3) is 0.400. The summed E-state index contributed by atoms with van der Waals surface area (Å²) in [4.78, 5) is 4.09. The van der Waals surface area contributed by atoms with Crippen molar-refractivity contribution in [3.63, 3.8) is 0 Å². The third-order valence-corrected chi connectivity index (χ3v) is 3.43. The zero-order chi connectivity index (χ0) is 13.1.